The highest BCUT2D eigenvalue weighted by Crippen LogP contribution is 2.49. The summed E-state index contributed by atoms with van der Waals surface area (Å²) < 4.78 is 49.3. The van der Waals surface area contributed by atoms with Crippen LogP contribution in [-0.4, -0.2) is 103 Å². The Labute approximate surface area is 376 Å². The second-order valence-electron chi connectivity index (χ2n) is 16.5. The highest BCUT2D eigenvalue weighted by Gasteiger charge is 2.54. The van der Waals surface area contributed by atoms with Gasteiger partial charge in [-0.2, -0.15) is 0 Å². The maximum Gasteiger partial charge on any atom is 0.472 e. The van der Waals surface area contributed by atoms with Crippen LogP contribution in [0.15, 0.2) is 36.5 Å². The van der Waals surface area contributed by atoms with Gasteiger partial charge in [-0.15, -0.1) is 0 Å². The molecule has 0 heterocycles. The van der Waals surface area contributed by atoms with Crippen LogP contribution in [0.2, 0.25) is 0 Å². The van der Waals surface area contributed by atoms with Crippen molar-refractivity contribution in [1.29, 1.82) is 0 Å². The summed E-state index contributed by atoms with van der Waals surface area (Å²) in [6.45, 7) is 3.06. The zero-order valence-electron chi connectivity index (χ0n) is 38.0. The molecule has 0 aromatic carbocycles. The molecule has 63 heavy (non-hydrogen) atoms. The largest absolute Gasteiger partial charge is 0.472 e. The normalized spacial score (nSPS) is 22.2. The van der Waals surface area contributed by atoms with Gasteiger partial charge in [-0.1, -0.05) is 159 Å². The zero-order chi connectivity index (χ0) is 46.8. The first-order valence-corrected chi connectivity index (χ1v) is 26.6. The minimum atomic E-state index is -5.37. The summed E-state index contributed by atoms with van der Waals surface area (Å²) in [6.07, 6.45) is 24.0. The number of carbonyl (C=O) groups excluding carboxylic acids is 2. The van der Waals surface area contributed by atoms with E-state index in [4.69, 9.17) is 28.3 Å². The Hall–Kier alpha value is -1.78. The summed E-state index contributed by atoms with van der Waals surface area (Å²) in [6, 6.07) is 0. The van der Waals surface area contributed by atoms with Crippen LogP contribution in [0.25, 0.3) is 0 Å². The van der Waals surface area contributed by atoms with Gasteiger partial charge in [0.25, 0.3) is 0 Å². The molecule has 8 atom stereocenters. The average Bonchev–Trinajstić information content (AvgIpc) is 3.23. The standard InChI is InChI=1S/C45H82O16P2/c1-3-5-7-9-11-13-15-17-18-19-20-22-24-26-28-30-32-34-39(47)59-37(35-57-38(46)33-31-29-27-25-23-21-16-14-12-10-8-6-4-2)36-58-63(55,56)61-45-42(50)40(48)41(49)44(43(45)51)60-62(52,53)54/h17-18,20,22,26,28,37,40-45,48-51H,3-16,19,21,23-25,27,29-36H2,1-2H3,(H,55,56)(H2,52,53,54)/t37-,40?,41?,42?,43?,44-,45+/m1/s1. The number of aliphatic hydroxyl groups excluding tert-OH is 4. The Bertz CT molecular complexity index is 1370. The minimum Gasteiger partial charge on any atom is -0.462 e. The molecule has 1 aliphatic rings. The van der Waals surface area contributed by atoms with Gasteiger partial charge in [0.1, 0.15) is 43.2 Å². The van der Waals surface area contributed by atoms with Crippen LogP contribution in [-0.2, 0) is 41.8 Å². The van der Waals surface area contributed by atoms with E-state index in [-0.39, 0.29) is 12.8 Å². The van der Waals surface area contributed by atoms with E-state index in [9.17, 15) is 44.0 Å². The number of unbranched alkanes of at least 4 members (excludes halogenated alkanes) is 19. The predicted molar refractivity (Wildman–Crippen MR) is 241 cm³/mol. The van der Waals surface area contributed by atoms with E-state index >= 15 is 0 Å². The van der Waals surface area contributed by atoms with Crippen LogP contribution in [0.4, 0.5) is 0 Å². The Morgan fingerprint density at radius 2 is 0.937 bits per heavy atom. The van der Waals surface area contributed by atoms with Crippen molar-refractivity contribution in [2.45, 2.75) is 224 Å². The fourth-order valence-electron chi connectivity index (χ4n) is 7.04. The fraction of sp³-hybridized carbons (Fsp3) is 0.822. The highest BCUT2D eigenvalue weighted by molar-refractivity contribution is 7.47. The van der Waals surface area contributed by atoms with Crippen molar-refractivity contribution in [3.05, 3.63) is 36.5 Å². The first-order valence-electron chi connectivity index (χ1n) is 23.5. The molecule has 0 aromatic rings. The summed E-state index contributed by atoms with van der Waals surface area (Å²) in [5, 5.41) is 41.2. The van der Waals surface area contributed by atoms with Crippen LogP contribution in [0.3, 0.4) is 0 Å². The van der Waals surface area contributed by atoms with Gasteiger partial charge in [-0.25, -0.2) is 9.13 Å². The molecular weight excluding hydrogens is 858 g/mol. The summed E-state index contributed by atoms with van der Waals surface area (Å²) in [5.74, 6) is -1.26. The Morgan fingerprint density at radius 3 is 1.44 bits per heavy atom. The van der Waals surface area contributed by atoms with Gasteiger partial charge in [0, 0.05) is 12.8 Å². The molecule has 1 fully saturated rings. The number of ether oxygens (including phenoxy) is 2. The lowest BCUT2D eigenvalue weighted by Gasteiger charge is -2.43. The molecule has 0 radical (unpaired) electrons. The smallest absolute Gasteiger partial charge is 0.462 e. The van der Waals surface area contributed by atoms with E-state index in [0.717, 1.165) is 44.9 Å². The highest BCUT2D eigenvalue weighted by atomic mass is 31.2. The summed E-state index contributed by atoms with van der Waals surface area (Å²) in [5.41, 5.74) is 0. The number of hydrogen-bond acceptors (Lipinski definition) is 13. The molecule has 0 spiro atoms. The quantitative estimate of drug-likeness (QED) is 0.0132. The molecule has 368 valence electrons. The molecule has 18 heteroatoms. The summed E-state index contributed by atoms with van der Waals surface area (Å²) in [7, 11) is -10.7. The SMILES string of the molecule is CCCCCCCCC=CCC=CCC=CCCCC(=O)O[C@H](COC(=O)CCCCCCCCCCCCCCC)COP(=O)(O)O[C@H]1C(O)C(O)C(O)[C@@H](OP(=O)(O)O)C1O. The third kappa shape index (κ3) is 30.9. The Kier molecular flexibility index (Phi) is 34.2. The topological polar surface area (TPSA) is 256 Å². The number of phosphoric ester groups is 2. The van der Waals surface area contributed by atoms with Crippen LogP contribution in [0.5, 0.6) is 0 Å². The van der Waals surface area contributed by atoms with Gasteiger partial charge < -0.3 is 44.6 Å². The maximum absolute atomic E-state index is 13.0. The fourth-order valence-corrected chi connectivity index (χ4v) is 8.58. The van der Waals surface area contributed by atoms with Crippen molar-refractivity contribution in [3.8, 4) is 0 Å². The van der Waals surface area contributed by atoms with E-state index in [2.05, 4.69) is 42.7 Å². The number of esters is 2. The van der Waals surface area contributed by atoms with Crippen LogP contribution < -0.4 is 0 Å². The molecule has 0 amide bonds. The lowest BCUT2D eigenvalue weighted by molar-refractivity contribution is -0.216. The average molecular weight is 941 g/mol. The van der Waals surface area contributed by atoms with Crippen LogP contribution in [0.1, 0.15) is 181 Å². The van der Waals surface area contributed by atoms with Crippen molar-refractivity contribution in [2.24, 2.45) is 0 Å². The monoisotopic (exact) mass is 941 g/mol. The molecule has 1 saturated carbocycles. The molecule has 16 nitrogen and oxygen atoms in total. The van der Waals surface area contributed by atoms with Gasteiger partial charge in [0.2, 0.25) is 0 Å². The molecule has 1 rings (SSSR count). The maximum atomic E-state index is 13.0. The molecule has 0 saturated heterocycles. The number of hydrogen-bond donors (Lipinski definition) is 7. The molecule has 5 unspecified atom stereocenters. The Morgan fingerprint density at radius 1 is 0.508 bits per heavy atom. The van der Waals surface area contributed by atoms with Crippen molar-refractivity contribution >= 4 is 27.6 Å². The number of rotatable bonds is 39. The number of allylic oxidation sites excluding steroid dienone is 6. The molecule has 1 aliphatic carbocycles. The van der Waals surface area contributed by atoms with E-state index < -0.39 is 83.5 Å². The summed E-state index contributed by atoms with van der Waals surface area (Å²) >= 11 is 0. The first-order chi connectivity index (χ1) is 30.1. The lowest BCUT2D eigenvalue weighted by atomic mass is 9.85. The van der Waals surface area contributed by atoms with Crippen molar-refractivity contribution in [2.75, 3.05) is 13.2 Å². The molecule has 7 N–H and O–H groups in total. The van der Waals surface area contributed by atoms with Gasteiger partial charge in [0.15, 0.2) is 6.10 Å². The van der Waals surface area contributed by atoms with Gasteiger partial charge in [-0.3, -0.25) is 23.2 Å². The van der Waals surface area contributed by atoms with E-state index in [0.29, 0.717) is 19.3 Å². The number of aliphatic hydroxyl groups is 4. The summed E-state index contributed by atoms with van der Waals surface area (Å²) in [4.78, 5) is 54.2. The molecule has 0 aliphatic heterocycles. The van der Waals surface area contributed by atoms with E-state index in [1.54, 1.807) is 0 Å². The third-order valence-corrected chi connectivity index (χ3v) is 12.2. The molecule has 0 bridgehead atoms. The first kappa shape index (κ1) is 59.2. The molecule has 0 aromatic heterocycles. The number of carbonyl (C=O) groups is 2. The van der Waals surface area contributed by atoms with E-state index in [1.165, 1.54) is 89.9 Å². The van der Waals surface area contributed by atoms with Gasteiger partial charge in [0.05, 0.1) is 6.61 Å². The van der Waals surface area contributed by atoms with Gasteiger partial charge in [-0.05, 0) is 44.9 Å². The second-order valence-corrected chi connectivity index (χ2v) is 19.1. The van der Waals surface area contributed by atoms with Crippen molar-refractivity contribution < 1.29 is 76.9 Å². The van der Waals surface area contributed by atoms with E-state index in [1.807, 2.05) is 12.2 Å². The minimum absolute atomic E-state index is 0.0259. The van der Waals surface area contributed by atoms with Crippen LogP contribution in [0, 0.1) is 0 Å². The van der Waals surface area contributed by atoms with Gasteiger partial charge >= 0.3 is 27.6 Å². The Balaban J connectivity index is 2.64. The van der Waals surface area contributed by atoms with Crippen molar-refractivity contribution in [3.63, 3.8) is 0 Å². The lowest BCUT2D eigenvalue weighted by Crippen LogP contribution is -2.64. The third-order valence-electron chi connectivity index (χ3n) is 10.7. The van der Waals surface area contributed by atoms with Crippen LogP contribution >= 0.6 is 15.6 Å². The zero-order valence-corrected chi connectivity index (χ0v) is 39.8. The van der Waals surface area contributed by atoms with Crippen molar-refractivity contribution in [1.82, 2.24) is 0 Å². The number of phosphoric acid groups is 2. The second kappa shape index (κ2) is 36.4. The predicted octanol–water partition coefficient (Wildman–Crippen LogP) is 8.73. The molecular formula is C45H82O16P2.